The quantitative estimate of drug-likeness (QED) is 0.632. The van der Waals surface area contributed by atoms with Crippen LogP contribution in [0.2, 0.25) is 0 Å². The number of carbonyl (C=O) groups is 1. The number of ether oxygens (including phenoxy) is 1. The summed E-state index contributed by atoms with van der Waals surface area (Å²) in [6, 6.07) is 0. The Morgan fingerprint density at radius 2 is 2.50 bits per heavy atom. The van der Waals surface area contributed by atoms with Gasteiger partial charge in [-0.1, -0.05) is 0 Å². The van der Waals surface area contributed by atoms with E-state index in [1.54, 1.807) is 12.0 Å². The second kappa shape index (κ2) is 4.42. The van der Waals surface area contributed by atoms with Gasteiger partial charge in [-0.05, 0) is 6.42 Å². The number of hydrogen-bond acceptors (Lipinski definition) is 3. The molecular formula is C8H15NO3. The van der Waals surface area contributed by atoms with Gasteiger partial charge in [0.1, 0.15) is 0 Å². The van der Waals surface area contributed by atoms with Crippen LogP contribution in [-0.4, -0.2) is 48.8 Å². The number of likely N-dealkylation sites (tertiary alicyclic amines) is 1. The van der Waals surface area contributed by atoms with Gasteiger partial charge in [0.25, 0.3) is 0 Å². The number of nitrogens with zero attached hydrogens (tertiary/aromatic N) is 1. The minimum absolute atomic E-state index is 0.0772. The average molecular weight is 173 g/mol. The van der Waals surface area contributed by atoms with E-state index < -0.39 is 0 Å². The van der Waals surface area contributed by atoms with Crippen LogP contribution < -0.4 is 0 Å². The molecule has 70 valence electrons. The lowest BCUT2D eigenvalue weighted by molar-refractivity contribution is -0.131. The summed E-state index contributed by atoms with van der Waals surface area (Å²) < 4.78 is 4.79. The Morgan fingerprint density at radius 3 is 3.00 bits per heavy atom. The largest absolute Gasteiger partial charge is 0.391 e. The average Bonchev–Trinajstić information content (AvgIpc) is 2.47. The summed E-state index contributed by atoms with van der Waals surface area (Å²) in [7, 11) is 1.58. The molecule has 1 rings (SSSR count). The number of β-amino-alcohol motifs (C(OH)–C–C–N with tert-alkyl or cyclic N) is 1. The summed E-state index contributed by atoms with van der Waals surface area (Å²) in [6.45, 7) is 1.64. The Balaban J connectivity index is 2.23. The van der Waals surface area contributed by atoms with Crippen molar-refractivity contribution in [3.63, 3.8) is 0 Å². The molecule has 0 bridgehead atoms. The topological polar surface area (TPSA) is 49.8 Å². The molecule has 1 unspecified atom stereocenters. The highest BCUT2D eigenvalue weighted by Gasteiger charge is 2.23. The lowest BCUT2D eigenvalue weighted by Gasteiger charge is -2.14. The molecule has 4 nitrogen and oxygen atoms in total. The van der Waals surface area contributed by atoms with Crippen molar-refractivity contribution in [1.29, 1.82) is 0 Å². The van der Waals surface area contributed by atoms with Gasteiger partial charge in [0.2, 0.25) is 5.91 Å². The van der Waals surface area contributed by atoms with Crippen molar-refractivity contribution in [1.82, 2.24) is 4.90 Å². The molecule has 0 radical (unpaired) electrons. The molecule has 0 spiro atoms. The third kappa shape index (κ3) is 2.46. The van der Waals surface area contributed by atoms with Crippen LogP contribution in [0.15, 0.2) is 0 Å². The first kappa shape index (κ1) is 9.48. The van der Waals surface area contributed by atoms with Crippen molar-refractivity contribution in [3.8, 4) is 0 Å². The second-order valence-electron chi connectivity index (χ2n) is 3.03. The monoisotopic (exact) mass is 173 g/mol. The van der Waals surface area contributed by atoms with Gasteiger partial charge in [0.15, 0.2) is 0 Å². The van der Waals surface area contributed by atoms with Crippen LogP contribution in [0.4, 0.5) is 0 Å². The number of hydrogen-bond donors (Lipinski definition) is 1. The fraction of sp³-hybridized carbons (Fsp3) is 0.875. The second-order valence-corrected chi connectivity index (χ2v) is 3.03. The normalized spacial score (nSPS) is 23.2. The summed E-state index contributed by atoms with van der Waals surface area (Å²) in [5, 5.41) is 9.15. The van der Waals surface area contributed by atoms with Crippen LogP contribution >= 0.6 is 0 Å². The van der Waals surface area contributed by atoms with E-state index in [0.29, 0.717) is 32.5 Å². The molecule has 1 atom stereocenters. The van der Waals surface area contributed by atoms with Crippen molar-refractivity contribution in [2.24, 2.45) is 0 Å². The molecular weight excluding hydrogens is 158 g/mol. The first-order valence-corrected chi connectivity index (χ1v) is 4.19. The van der Waals surface area contributed by atoms with Crippen molar-refractivity contribution in [3.05, 3.63) is 0 Å². The molecule has 1 saturated heterocycles. The van der Waals surface area contributed by atoms with Crippen LogP contribution in [-0.2, 0) is 9.53 Å². The van der Waals surface area contributed by atoms with Crippen LogP contribution in [0.25, 0.3) is 0 Å². The highest BCUT2D eigenvalue weighted by Crippen LogP contribution is 2.09. The van der Waals surface area contributed by atoms with Gasteiger partial charge in [0.05, 0.1) is 19.1 Å². The smallest absolute Gasteiger partial charge is 0.224 e. The van der Waals surface area contributed by atoms with E-state index in [1.807, 2.05) is 0 Å². The van der Waals surface area contributed by atoms with E-state index in [-0.39, 0.29) is 12.0 Å². The Bertz CT molecular complexity index is 160. The predicted octanol–water partition coefficient (Wildman–Crippen LogP) is -0.384. The van der Waals surface area contributed by atoms with Gasteiger partial charge >= 0.3 is 0 Å². The van der Waals surface area contributed by atoms with E-state index in [4.69, 9.17) is 9.84 Å². The molecule has 0 aromatic heterocycles. The summed E-state index contributed by atoms with van der Waals surface area (Å²) in [5.74, 6) is 0.0772. The Hall–Kier alpha value is -0.610. The number of methoxy groups -OCH3 is 1. The fourth-order valence-corrected chi connectivity index (χ4v) is 1.32. The van der Waals surface area contributed by atoms with Crippen LogP contribution in [0, 0.1) is 0 Å². The van der Waals surface area contributed by atoms with Crippen LogP contribution in [0.5, 0.6) is 0 Å². The van der Waals surface area contributed by atoms with Gasteiger partial charge < -0.3 is 14.7 Å². The third-order valence-electron chi connectivity index (χ3n) is 2.04. The van der Waals surface area contributed by atoms with E-state index >= 15 is 0 Å². The van der Waals surface area contributed by atoms with Gasteiger partial charge in [-0.15, -0.1) is 0 Å². The molecule has 1 heterocycles. The standard InChI is InChI=1S/C8H15NO3/c1-12-5-3-8(11)9-4-2-7(10)6-9/h7,10H,2-6H2,1H3. The van der Waals surface area contributed by atoms with E-state index in [1.165, 1.54) is 0 Å². The minimum atomic E-state index is -0.323. The number of aliphatic hydroxyl groups is 1. The summed E-state index contributed by atoms with van der Waals surface area (Å²) >= 11 is 0. The van der Waals surface area contributed by atoms with Crippen molar-refractivity contribution >= 4 is 5.91 Å². The van der Waals surface area contributed by atoms with Gasteiger partial charge in [-0.25, -0.2) is 0 Å². The van der Waals surface area contributed by atoms with Gasteiger partial charge in [-0.2, -0.15) is 0 Å². The number of rotatable bonds is 3. The summed E-state index contributed by atoms with van der Waals surface area (Å²) in [4.78, 5) is 13.0. The molecule has 1 aliphatic rings. The van der Waals surface area contributed by atoms with Crippen molar-refractivity contribution < 1.29 is 14.6 Å². The number of carbonyl (C=O) groups excluding carboxylic acids is 1. The maximum atomic E-state index is 11.3. The van der Waals surface area contributed by atoms with E-state index in [2.05, 4.69) is 0 Å². The molecule has 0 saturated carbocycles. The molecule has 1 amide bonds. The van der Waals surface area contributed by atoms with Gasteiger partial charge in [-0.3, -0.25) is 4.79 Å². The molecule has 1 N–H and O–H groups in total. The molecule has 1 fully saturated rings. The lowest BCUT2D eigenvalue weighted by Crippen LogP contribution is -2.30. The van der Waals surface area contributed by atoms with Gasteiger partial charge in [0, 0.05) is 20.2 Å². The molecule has 0 aromatic rings. The number of aliphatic hydroxyl groups excluding tert-OH is 1. The summed E-state index contributed by atoms with van der Waals surface area (Å²) in [6.07, 6.45) is 0.804. The third-order valence-corrected chi connectivity index (χ3v) is 2.04. The molecule has 1 aliphatic heterocycles. The van der Waals surface area contributed by atoms with E-state index in [9.17, 15) is 4.79 Å². The lowest BCUT2D eigenvalue weighted by atomic mass is 10.3. The van der Waals surface area contributed by atoms with E-state index in [0.717, 1.165) is 0 Å². The summed E-state index contributed by atoms with van der Waals surface area (Å²) in [5.41, 5.74) is 0. The fourth-order valence-electron chi connectivity index (χ4n) is 1.32. The highest BCUT2D eigenvalue weighted by molar-refractivity contribution is 5.76. The SMILES string of the molecule is COCCC(=O)N1CCC(O)C1. The maximum Gasteiger partial charge on any atom is 0.224 e. The first-order chi connectivity index (χ1) is 5.74. The zero-order valence-electron chi connectivity index (χ0n) is 7.32. The van der Waals surface area contributed by atoms with Crippen molar-refractivity contribution in [2.75, 3.05) is 26.8 Å². The zero-order chi connectivity index (χ0) is 8.97. The Labute approximate surface area is 72.1 Å². The molecule has 0 aromatic carbocycles. The Kier molecular flexibility index (Phi) is 3.49. The zero-order valence-corrected chi connectivity index (χ0v) is 7.32. The van der Waals surface area contributed by atoms with Crippen LogP contribution in [0.3, 0.4) is 0 Å². The maximum absolute atomic E-state index is 11.3. The minimum Gasteiger partial charge on any atom is -0.391 e. The molecule has 4 heteroatoms. The first-order valence-electron chi connectivity index (χ1n) is 4.19. The van der Waals surface area contributed by atoms with Crippen LogP contribution in [0.1, 0.15) is 12.8 Å². The molecule has 0 aliphatic carbocycles. The Morgan fingerprint density at radius 1 is 1.75 bits per heavy atom. The number of amides is 1. The van der Waals surface area contributed by atoms with Crippen molar-refractivity contribution in [2.45, 2.75) is 18.9 Å². The highest BCUT2D eigenvalue weighted by atomic mass is 16.5. The molecule has 12 heavy (non-hydrogen) atoms. The predicted molar refractivity (Wildman–Crippen MR) is 43.7 cm³/mol.